The van der Waals surface area contributed by atoms with Crippen LogP contribution >= 0.6 is 0 Å². The Morgan fingerprint density at radius 2 is 1.91 bits per heavy atom. The Balaban J connectivity index is 2.10. The first-order valence-corrected chi connectivity index (χ1v) is 6.91. The van der Waals surface area contributed by atoms with Crippen molar-refractivity contribution in [3.05, 3.63) is 53.9 Å². The Morgan fingerprint density at radius 3 is 2.59 bits per heavy atom. The molecular weight excluding hydrogens is 288 g/mol. The topological polar surface area (TPSA) is 54.0 Å². The minimum absolute atomic E-state index is 0.227. The maximum atomic E-state index is 13.2. The van der Waals surface area contributed by atoms with Gasteiger partial charge in [0.2, 0.25) is 0 Å². The van der Waals surface area contributed by atoms with Gasteiger partial charge in [-0.05, 0) is 24.1 Å². The molecule has 1 amide bonds. The number of amides is 1. The molecule has 6 heteroatoms. The number of nitrogens with zero attached hydrogens (tertiary/aromatic N) is 1. The van der Waals surface area contributed by atoms with Crippen LogP contribution in [0.5, 0.6) is 0 Å². The van der Waals surface area contributed by atoms with Gasteiger partial charge in [0.05, 0.1) is 17.4 Å². The van der Waals surface area contributed by atoms with E-state index in [0.717, 1.165) is 12.1 Å². The highest BCUT2D eigenvalue weighted by molar-refractivity contribution is 5.94. The van der Waals surface area contributed by atoms with Crippen molar-refractivity contribution in [2.75, 3.05) is 11.9 Å². The van der Waals surface area contributed by atoms with Gasteiger partial charge in [-0.2, -0.15) is 0 Å². The van der Waals surface area contributed by atoms with Gasteiger partial charge >= 0.3 is 0 Å². The number of carbonyl (C=O) groups excluding carboxylic acids is 1. The molecule has 1 aromatic heterocycles. The van der Waals surface area contributed by atoms with Crippen LogP contribution in [0.1, 0.15) is 24.2 Å². The summed E-state index contributed by atoms with van der Waals surface area (Å²) in [6, 6.07) is 5.08. The molecule has 4 nitrogen and oxygen atoms in total. The van der Waals surface area contributed by atoms with Crippen LogP contribution in [0.4, 0.5) is 20.2 Å². The molecule has 116 valence electrons. The molecule has 2 aromatic rings. The zero-order valence-corrected chi connectivity index (χ0v) is 12.4. The second-order valence-corrected chi connectivity index (χ2v) is 5.32. The van der Waals surface area contributed by atoms with Crippen molar-refractivity contribution < 1.29 is 13.6 Å². The zero-order chi connectivity index (χ0) is 16.1. The van der Waals surface area contributed by atoms with Gasteiger partial charge in [-0.15, -0.1) is 0 Å². The van der Waals surface area contributed by atoms with Gasteiger partial charge in [0.25, 0.3) is 5.91 Å². The van der Waals surface area contributed by atoms with Crippen molar-refractivity contribution in [1.82, 2.24) is 10.3 Å². The highest BCUT2D eigenvalue weighted by atomic mass is 19.2. The van der Waals surface area contributed by atoms with Crippen molar-refractivity contribution in [2.24, 2.45) is 5.92 Å². The summed E-state index contributed by atoms with van der Waals surface area (Å²) >= 11 is 0. The normalized spacial score (nSPS) is 10.6. The monoisotopic (exact) mass is 305 g/mol. The van der Waals surface area contributed by atoms with E-state index < -0.39 is 11.6 Å². The van der Waals surface area contributed by atoms with E-state index in [1.165, 1.54) is 18.5 Å². The molecule has 0 aliphatic carbocycles. The van der Waals surface area contributed by atoms with Gasteiger partial charge in [-0.3, -0.25) is 9.78 Å². The van der Waals surface area contributed by atoms with Crippen LogP contribution in [0.2, 0.25) is 0 Å². The Bertz CT molecular complexity index is 674. The number of carbonyl (C=O) groups is 1. The minimum Gasteiger partial charge on any atom is -0.354 e. The van der Waals surface area contributed by atoms with E-state index in [-0.39, 0.29) is 5.91 Å². The molecule has 22 heavy (non-hydrogen) atoms. The molecule has 0 atom stereocenters. The van der Waals surface area contributed by atoms with Crippen molar-refractivity contribution in [3.8, 4) is 0 Å². The number of aromatic nitrogens is 1. The fraction of sp³-hybridized carbons (Fsp3) is 0.250. The fourth-order valence-corrected chi connectivity index (χ4v) is 1.77. The Kier molecular flexibility index (Phi) is 5.04. The molecule has 0 radical (unpaired) electrons. The van der Waals surface area contributed by atoms with Crippen LogP contribution < -0.4 is 10.6 Å². The number of rotatable bonds is 5. The van der Waals surface area contributed by atoms with E-state index in [1.807, 2.05) is 13.8 Å². The van der Waals surface area contributed by atoms with Gasteiger partial charge in [0.15, 0.2) is 11.6 Å². The SMILES string of the molecule is CC(C)CNC(=O)c1cncc(Nc2ccc(F)c(F)c2)c1. The third-order valence-electron chi connectivity index (χ3n) is 2.88. The van der Waals surface area contributed by atoms with Crippen LogP contribution in [-0.4, -0.2) is 17.4 Å². The van der Waals surface area contributed by atoms with E-state index in [1.54, 1.807) is 6.07 Å². The van der Waals surface area contributed by atoms with Gasteiger partial charge in [0.1, 0.15) is 0 Å². The lowest BCUT2D eigenvalue weighted by Gasteiger charge is -2.10. The highest BCUT2D eigenvalue weighted by Gasteiger charge is 2.08. The second kappa shape index (κ2) is 6.98. The average molecular weight is 305 g/mol. The molecule has 0 aliphatic rings. The quantitative estimate of drug-likeness (QED) is 0.889. The molecule has 0 saturated heterocycles. The summed E-state index contributed by atoms with van der Waals surface area (Å²) in [5.41, 5.74) is 1.29. The summed E-state index contributed by atoms with van der Waals surface area (Å²) in [5, 5.41) is 5.67. The average Bonchev–Trinajstić information content (AvgIpc) is 2.49. The molecule has 0 fully saturated rings. The van der Waals surface area contributed by atoms with Gasteiger partial charge in [-0.1, -0.05) is 13.8 Å². The molecule has 0 bridgehead atoms. The summed E-state index contributed by atoms with van der Waals surface area (Å²) < 4.78 is 26.1. The lowest BCUT2D eigenvalue weighted by molar-refractivity contribution is 0.0948. The summed E-state index contributed by atoms with van der Waals surface area (Å²) in [7, 11) is 0. The first kappa shape index (κ1) is 15.9. The van der Waals surface area contributed by atoms with Crippen LogP contribution in [0.15, 0.2) is 36.7 Å². The van der Waals surface area contributed by atoms with Crippen molar-refractivity contribution >= 4 is 17.3 Å². The predicted molar refractivity (Wildman–Crippen MR) is 81.0 cm³/mol. The molecular formula is C16H17F2N3O. The molecule has 1 aromatic carbocycles. The third-order valence-corrected chi connectivity index (χ3v) is 2.88. The number of benzene rings is 1. The highest BCUT2D eigenvalue weighted by Crippen LogP contribution is 2.19. The number of pyridine rings is 1. The summed E-state index contributed by atoms with van der Waals surface area (Å²) in [4.78, 5) is 15.9. The van der Waals surface area contributed by atoms with Crippen molar-refractivity contribution in [3.63, 3.8) is 0 Å². The Hall–Kier alpha value is -2.50. The van der Waals surface area contributed by atoms with Crippen LogP contribution in [-0.2, 0) is 0 Å². The predicted octanol–water partition coefficient (Wildman–Crippen LogP) is 3.49. The lowest BCUT2D eigenvalue weighted by Crippen LogP contribution is -2.27. The van der Waals surface area contributed by atoms with Gasteiger partial charge in [-0.25, -0.2) is 8.78 Å². The molecule has 0 spiro atoms. The number of nitrogens with one attached hydrogen (secondary N) is 2. The number of anilines is 2. The van der Waals surface area contributed by atoms with Crippen LogP contribution in [0, 0.1) is 17.6 Å². The van der Waals surface area contributed by atoms with Crippen molar-refractivity contribution in [2.45, 2.75) is 13.8 Å². The number of hydrogen-bond donors (Lipinski definition) is 2. The maximum Gasteiger partial charge on any atom is 0.252 e. The number of hydrogen-bond acceptors (Lipinski definition) is 3. The fourth-order valence-electron chi connectivity index (χ4n) is 1.77. The zero-order valence-electron chi connectivity index (χ0n) is 12.4. The summed E-state index contributed by atoms with van der Waals surface area (Å²) in [6.07, 6.45) is 2.95. The smallest absolute Gasteiger partial charge is 0.252 e. The minimum atomic E-state index is -0.941. The van der Waals surface area contributed by atoms with E-state index in [0.29, 0.717) is 29.4 Å². The first-order valence-electron chi connectivity index (χ1n) is 6.91. The molecule has 0 saturated carbocycles. The van der Waals surface area contributed by atoms with Crippen molar-refractivity contribution in [1.29, 1.82) is 0 Å². The number of halogens is 2. The largest absolute Gasteiger partial charge is 0.354 e. The van der Waals surface area contributed by atoms with E-state index >= 15 is 0 Å². The first-order chi connectivity index (χ1) is 10.5. The van der Waals surface area contributed by atoms with Crippen LogP contribution in [0.25, 0.3) is 0 Å². The summed E-state index contributed by atoms with van der Waals surface area (Å²) in [6.45, 7) is 4.57. The van der Waals surface area contributed by atoms with E-state index in [2.05, 4.69) is 15.6 Å². The van der Waals surface area contributed by atoms with E-state index in [4.69, 9.17) is 0 Å². The molecule has 1 heterocycles. The molecule has 0 unspecified atom stereocenters. The lowest BCUT2D eigenvalue weighted by atomic mass is 10.2. The van der Waals surface area contributed by atoms with Gasteiger partial charge < -0.3 is 10.6 Å². The van der Waals surface area contributed by atoms with Gasteiger partial charge in [0, 0.05) is 24.5 Å². The summed E-state index contributed by atoms with van der Waals surface area (Å²) in [5.74, 6) is -1.73. The second-order valence-electron chi connectivity index (χ2n) is 5.32. The Morgan fingerprint density at radius 1 is 1.14 bits per heavy atom. The van der Waals surface area contributed by atoms with Crippen LogP contribution in [0.3, 0.4) is 0 Å². The molecule has 2 N–H and O–H groups in total. The third kappa shape index (κ3) is 4.25. The Labute approximate surface area is 127 Å². The maximum absolute atomic E-state index is 13.2. The van der Waals surface area contributed by atoms with E-state index in [9.17, 15) is 13.6 Å². The standard InChI is InChI=1S/C16H17F2N3O/c1-10(2)7-20-16(22)11-5-13(9-19-8-11)21-12-3-4-14(17)15(18)6-12/h3-6,8-10,21H,7H2,1-2H3,(H,20,22). The molecule has 0 aliphatic heterocycles. The molecule has 2 rings (SSSR count).